The minimum atomic E-state index is -0.199. The average molecular weight is 440 g/mol. The van der Waals surface area contributed by atoms with Gasteiger partial charge >= 0.3 is 0 Å². The lowest BCUT2D eigenvalue weighted by Crippen LogP contribution is -2.20. The summed E-state index contributed by atoms with van der Waals surface area (Å²) in [6, 6.07) is 19.3. The lowest BCUT2D eigenvalue weighted by Gasteiger charge is -2.12. The molecule has 0 aliphatic heterocycles. The number of nitriles is 1. The minimum Gasteiger partial charge on any atom is -0.341 e. The number of anilines is 2. The number of para-hydroxylation sites is 1. The number of nitrogens with one attached hydrogen (secondary N) is 2. The Morgan fingerprint density at radius 2 is 1.64 bits per heavy atom. The molecule has 4 aromatic rings. The molecule has 7 heteroatoms. The summed E-state index contributed by atoms with van der Waals surface area (Å²) in [5, 5.41) is 16.8. The fraction of sp³-hybridized carbons (Fsp3) is 0.231. The van der Waals surface area contributed by atoms with Crippen LogP contribution in [0.25, 0.3) is 21.8 Å². The van der Waals surface area contributed by atoms with Gasteiger partial charge in [0, 0.05) is 46.9 Å². The van der Waals surface area contributed by atoms with E-state index in [-0.39, 0.29) is 36.3 Å². The van der Waals surface area contributed by atoms with Crippen LogP contribution in [0.1, 0.15) is 32.4 Å². The van der Waals surface area contributed by atoms with E-state index in [1.54, 1.807) is 12.1 Å². The zero-order valence-electron chi connectivity index (χ0n) is 18.6. The molecule has 166 valence electrons. The standard InChI is InChI=1S/C26H25N5O2/c1-3-31-23-7-5-4-6-21(23)22-14-18(10-11-24(22)31)29-25(32)12-17(2)13-26(33)30-20-9-8-19(15-27)28-16-20/h4-11,14,16-17H,3,12-13H2,1-2H3,(H,29,32)(H,30,33). The van der Waals surface area contributed by atoms with E-state index in [4.69, 9.17) is 5.26 Å². The van der Waals surface area contributed by atoms with Crippen LogP contribution in [0.2, 0.25) is 0 Å². The largest absolute Gasteiger partial charge is 0.341 e. The molecule has 2 amide bonds. The van der Waals surface area contributed by atoms with Crippen molar-refractivity contribution in [3.63, 3.8) is 0 Å². The Labute approximate surface area is 192 Å². The van der Waals surface area contributed by atoms with Gasteiger partial charge in [0.1, 0.15) is 11.8 Å². The summed E-state index contributed by atoms with van der Waals surface area (Å²) in [6.45, 7) is 4.86. The number of rotatable bonds is 7. The molecule has 0 aliphatic rings. The molecule has 1 unspecified atom stereocenters. The van der Waals surface area contributed by atoms with Gasteiger partial charge in [0.15, 0.2) is 0 Å². The van der Waals surface area contributed by atoms with E-state index >= 15 is 0 Å². The molecular formula is C26H25N5O2. The number of fused-ring (bicyclic) bond motifs is 3. The summed E-state index contributed by atoms with van der Waals surface area (Å²) < 4.78 is 2.26. The van der Waals surface area contributed by atoms with E-state index < -0.39 is 0 Å². The van der Waals surface area contributed by atoms with Crippen LogP contribution in [0, 0.1) is 17.2 Å². The highest BCUT2D eigenvalue weighted by molar-refractivity contribution is 6.09. The molecule has 33 heavy (non-hydrogen) atoms. The van der Waals surface area contributed by atoms with Crippen LogP contribution in [0.15, 0.2) is 60.8 Å². The number of benzene rings is 2. The summed E-state index contributed by atoms with van der Waals surface area (Å²) in [4.78, 5) is 28.8. The lowest BCUT2D eigenvalue weighted by molar-refractivity contribution is -0.118. The maximum Gasteiger partial charge on any atom is 0.224 e. The number of pyridine rings is 1. The van der Waals surface area contributed by atoms with Gasteiger partial charge in [-0.1, -0.05) is 25.1 Å². The van der Waals surface area contributed by atoms with Gasteiger partial charge in [0.2, 0.25) is 11.8 Å². The highest BCUT2D eigenvalue weighted by atomic mass is 16.2. The Morgan fingerprint density at radius 3 is 2.30 bits per heavy atom. The molecule has 2 aromatic heterocycles. The third-order valence-corrected chi connectivity index (χ3v) is 5.60. The van der Waals surface area contributed by atoms with Crippen molar-refractivity contribution in [3.05, 3.63) is 66.5 Å². The zero-order valence-corrected chi connectivity index (χ0v) is 18.6. The summed E-state index contributed by atoms with van der Waals surface area (Å²) in [7, 11) is 0. The molecule has 0 fully saturated rings. The number of hydrogen-bond acceptors (Lipinski definition) is 4. The monoisotopic (exact) mass is 439 g/mol. The molecular weight excluding hydrogens is 414 g/mol. The first-order chi connectivity index (χ1) is 16.0. The molecule has 1 atom stereocenters. The Balaban J connectivity index is 1.38. The predicted octanol–water partition coefficient (Wildman–Crippen LogP) is 5.07. The summed E-state index contributed by atoms with van der Waals surface area (Å²) >= 11 is 0. The van der Waals surface area contributed by atoms with E-state index in [2.05, 4.69) is 39.2 Å². The number of carbonyl (C=O) groups excluding carboxylic acids is 2. The topological polar surface area (TPSA) is 99.8 Å². The van der Waals surface area contributed by atoms with Gasteiger partial charge in [-0.15, -0.1) is 0 Å². The predicted molar refractivity (Wildman–Crippen MR) is 130 cm³/mol. The highest BCUT2D eigenvalue weighted by Crippen LogP contribution is 2.31. The molecule has 2 heterocycles. The minimum absolute atomic E-state index is 0.131. The Bertz CT molecular complexity index is 1370. The second kappa shape index (κ2) is 9.53. The van der Waals surface area contributed by atoms with Crippen LogP contribution < -0.4 is 10.6 Å². The van der Waals surface area contributed by atoms with E-state index in [9.17, 15) is 9.59 Å². The maximum atomic E-state index is 12.6. The normalized spacial score (nSPS) is 11.8. The molecule has 2 aromatic carbocycles. The first-order valence-corrected chi connectivity index (χ1v) is 10.9. The SMILES string of the molecule is CCn1c2ccccc2c2cc(NC(=O)CC(C)CC(=O)Nc3ccc(C#N)nc3)ccc21. The van der Waals surface area contributed by atoms with Crippen molar-refractivity contribution in [2.24, 2.45) is 5.92 Å². The number of hydrogen-bond donors (Lipinski definition) is 2. The summed E-state index contributed by atoms with van der Waals surface area (Å²) in [6.07, 6.45) is 1.88. The molecule has 2 N–H and O–H groups in total. The van der Waals surface area contributed by atoms with Crippen molar-refractivity contribution in [1.82, 2.24) is 9.55 Å². The maximum absolute atomic E-state index is 12.6. The summed E-state index contributed by atoms with van der Waals surface area (Å²) in [5.41, 5.74) is 3.87. The van der Waals surface area contributed by atoms with Crippen molar-refractivity contribution in [2.75, 3.05) is 10.6 Å². The van der Waals surface area contributed by atoms with Gasteiger partial charge in [-0.25, -0.2) is 4.98 Å². The van der Waals surface area contributed by atoms with Crippen LogP contribution >= 0.6 is 0 Å². The lowest BCUT2D eigenvalue weighted by atomic mass is 10.0. The van der Waals surface area contributed by atoms with Gasteiger partial charge in [-0.2, -0.15) is 5.26 Å². The number of amides is 2. The molecule has 0 spiro atoms. The van der Waals surface area contributed by atoms with Gasteiger partial charge in [-0.05, 0) is 49.2 Å². The Morgan fingerprint density at radius 1 is 0.970 bits per heavy atom. The van der Waals surface area contributed by atoms with Crippen LogP contribution in [-0.2, 0) is 16.1 Å². The van der Waals surface area contributed by atoms with E-state index in [0.29, 0.717) is 5.69 Å². The zero-order chi connectivity index (χ0) is 23.4. The quantitative estimate of drug-likeness (QED) is 0.420. The van der Waals surface area contributed by atoms with E-state index in [1.165, 1.54) is 11.7 Å². The number of aryl methyl sites for hydroxylation is 1. The smallest absolute Gasteiger partial charge is 0.224 e. The van der Waals surface area contributed by atoms with Crippen molar-refractivity contribution in [3.8, 4) is 6.07 Å². The van der Waals surface area contributed by atoms with E-state index in [0.717, 1.165) is 28.5 Å². The fourth-order valence-electron chi connectivity index (χ4n) is 4.14. The molecule has 0 bridgehead atoms. The molecule has 0 radical (unpaired) electrons. The van der Waals surface area contributed by atoms with Gasteiger partial charge in [0.05, 0.1) is 11.9 Å². The van der Waals surface area contributed by atoms with Crippen LogP contribution in [0.4, 0.5) is 11.4 Å². The molecule has 4 rings (SSSR count). The third-order valence-electron chi connectivity index (χ3n) is 5.60. The fourth-order valence-corrected chi connectivity index (χ4v) is 4.14. The highest BCUT2D eigenvalue weighted by Gasteiger charge is 2.15. The molecule has 0 saturated heterocycles. The molecule has 0 saturated carbocycles. The number of carbonyl (C=O) groups is 2. The molecule has 0 aliphatic carbocycles. The van der Waals surface area contributed by atoms with Crippen molar-refractivity contribution in [1.29, 1.82) is 5.26 Å². The van der Waals surface area contributed by atoms with Crippen LogP contribution in [0.3, 0.4) is 0 Å². The van der Waals surface area contributed by atoms with Gasteiger partial charge in [0.25, 0.3) is 0 Å². The number of aromatic nitrogens is 2. The van der Waals surface area contributed by atoms with Crippen molar-refractivity contribution in [2.45, 2.75) is 33.2 Å². The first-order valence-electron chi connectivity index (χ1n) is 10.9. The second-order valence-electron chi connectivity index (χ2n) is 8.15. The third kappa shape index (κ3) is 4.85. The molecule has 7 nitrogen and oxygen atoms in total. The number of nitrogens with zero attached hydrogens (tertiary/aromatic N) is 3. The van der Waals surface area contributed by atoms with Gasteiger partial charge in [-0.3, -0.25) is 9.59 Å². The Kier molecular flexibility index (Phi) is 6.36. The van der Waals surface area contributed by atoms with Crippen LogP contribution in [0.5, 0.6) is 0 Å². The van der Waals surface area contributed by atoms with E-state index in [1.807, 2.05) is 43.3 Å². The first kappa shape index (κ1) is 22.0. The van der Waals surface area contributed by atoms with Crippen molar-refractivity contribution >= 4 is 45.0 Å². The second-order valence-corrected chi connectivity index (χ2v) is 8.15. The Hall–Kier alpha value is -4.18. The van der Waals surface area contributed by atoms with Crippen molar-refractivity contribution < 1.29 is 9.59 Å². The van der Waals surface area contributed by atoms with Crippen LogP contribution in [-0.4, -0.2) is 21.4 Å². The average Bonchev–Trinajstić information content (AvgIpc) is 3.12. The summed E-state index contributed by atoms with van der Waals surface area (Å²) in [5.74, 6) is -0.466. The van der Waals surface area contributed by atoms with Gasteiger partial charge < -0.3 is 15.2 Å².